The molecule has 0 amide bonds. The molecule has 0 aromatic carbocycles. The average molecular weight is 223 g/mol. The molecular formula is C12H21N3O. The number of rotatable bonds is 6. The van der Waals surface area contributed by atoms with Crippen LogP contribution in [-0.2, 0) is 12.8 Å². The predicted octanol–water partition coefficient (Wildman–Crippen LogP) is 0.979. The molecule has 0 aliphatic carbocycles. The van der Waals surface area contributed by atoms with Gasteiger partial charge < -0.3 is 15.1 Å². The Hall–Kier alpha value is -0.870. The summed E-state index contributed by atoms with van der Waals surface area (Å²) in [5.74, 6) is 1.62. The molecule has 2 heterocycles. The van der Waals surface area contributed by atoms with Gasteiger partial charge in [-0.15, -0.1) is 0 Å². The Labute approximate surface area is 96.8 Å². The van der Waals surface area contributed by atoms with Crippen molar-refractivity contribution >= 4 is 0 Å². The normalized spacial score (nSPS) is 20.4. The molecule has 0 saturated carbocycles. The zero-order valence-corrected chi connectivity index (χ0v) is 9.96. The second kappa shape index (κ2) is 6.01. The highest BCUT2D eigenvalue weighted by Gasteiger charge is 2.17. The molecule has 0 bridgehead atoms. The average Bonchev–Trinajstić information content (AvgIpc) is 2.91. The van der Waals surface area contributed by atoms with E-state index in [-0.39, 0.29) is 0 Å². The van der Waals surface area contributed by atoms with Gasteiger partial charge in [-0.3, -0.25) is 0 Å². The summed E-state index contributed by atoms with van der Waals surface area (Å²) >= 11 is 0. The van der Waals surface area contributed by atoms with Gasteiger partial charge in [0.15, 0.2) is 5.89 Å². The topological polar surface area (TPSA) is 50.1 Å². The smallest absolute Gasteiger partial charge is 0.194 e. The van der Waals surface area contributed by atoms with Crippen LogP contribution in [0.1, 0.15) is 24.4 Å². The molecule has 2 rings (SSSR count). The van der Waals surface area contributed by atoms with Crippen LogP contribution in [0, 0.1) is 5.92 Å². The first kappa shape index (κ1) is 11.6. The summed E-state index contributed by atoms with van der Waals surface area (Å²) < 4.78 is 5.50. The second-order valence-corrected chi connectivity index (χ2v) is 4.50. The molecule has 1 saturated heterocycles. The number of oxazole rings is 1. The van der Waals surface area contributed by atoms with Gasteiger partial charge in [-0.2, -0.15) is 0 Å². The van der Waals surface area contributed by atoms with E-state index in [1.807, 2.05) is 13.3 Å². The molecule has 0 spiro atoms. The van der Waals surface area contributed by atoms with Crippen molar-refractivity contribution in [2.45, 2.75) is 25.7 Å². The maximum Gasteiger partial charge on any atom is 0.194 e. The molecule has 1 aliphatic rings. The lowest BCUT2D eigenvalue weighted by molar-refractivity contribution is 0.442. The van der Waals surface area contributed by atoms with Gasteiger partial charge >= 0.3 is 0 Å². The summed E-state index contributed by atoms with van der Waals surface area (Å²) in [6, 6.07) is 0. The molecule has 90 valence electrons. The van der Waals surface area contributed by atoms with Crippen molar-refractivity contribution in [3.8, 4) is 0 Å². The maximum atomic E-state index is 5.50. The Morgan fingerprint density at radius 2 is 2.56 bits per heavy atom. The minimum atomic E-state index is 0.712. The van der Waals surface area contributed by atoms with Crippen LogP contribution < -0.4 is 10.6 Å². The molecule has 4 nitrogen and oxygen atoms in total. The van der Waals surface area contributed by atoms with Gasteiger partial charge in [0, 0.05) is 6.42 Å². The third-order valence-corrected chi connectivity index (χ3v) is 3.08. The number of hydrogen-bond acceptors (Lipinski definition) is 4. The lowest BCUT2D eigenvalue weighted by Gasteiger charge is -2.02. The van der Waals surface area contributed by atoms with Crippen molar-refractivity contribution < 1.29 is 4.42 Å². The van der Waals surface area contributed by atoms with Crippen LogP contribution in [0.25, 0.3) is 0 Å². The van der Waals surface area contributed by atoms with E-state index >= 15 is 0 Å². The van der Waals surface area contributed by atoms with E-state index < -0.39 is 0 Å². The molecule has 1 aliphatic heterocycles. The fourth-order valence-corrected chi connectivity index (χ4v) is 2.14. The highest BCUT2D eigenvalue weighted by molar-refractivity contribution is 4.98. The van der Waals surface area contributed by atoms with E-state index in [1.165, 1.54) is 6.42 Å². The Kier molecular flexibility index (Phi) is 4.36. The third kappa shape index (κ3) is 3.32. The SMILES string of the molecule is CNCCCc1coc(CC2CCNC2)n1. The standard InChI is InChI=1S/C12H21N3O/c1-13-5-2-3-11-9-16-12(15-11)7-10-4-6-14-8-10/h9-10,13-14H,2-8H2,1H3. The molecule has 0 radical (unpaired) electrons. The second-order valence-electron chi connectivity index (χ2n) is 4.50. The fourth-order valence-electron chi connectivity index (χ4n) is 2.14. The minimum absolute atomic E-state index is 0.712. The molecule has 4 heteroatoms. The molecule has 1 atom stereocenters. The Bertz CT molecular complexity index is 305. The van der Waals surface area contributed by atoms with Gasteiger partial charge in [-0.1, -0.05) is 0 Å². The summed E-state index contributed by atoms with van der Waals surface area (Å²) in [6.07, 6.45) is 6.17. The van der Waals surface area contributed by atoms with Crippen LogP contribution in [0.15, 0.2) is 10.7 Å². The zero-order valence-electron chi connectivity index (χ0n) is 9.96. The lowest BCUT2D eigenvalue weighted by atomic mass is 10.1. The van der Waals surface area contributed by atoms with Gasteiger partial charge in [0.05, 0.1) is 5.69 Å². The van der Waals surface area contributed by atoms with Gasteiger partial charge in [0.1, 0.15) is 6.26 Å². The summed E-state index contributed by atoms with van der Waals surface area (Å²) in [5, 5.41) is 6.50. The highest BCUT2D eigenvalue weighted by atomic mass is 16.3. The van der Waals surface area contributed by atoms with Crippen molar-refractivity contribution in [1.82, 2.24) is 15.6 Å². The zero-order chi connectivity index (χ0) is 11.2. The third-order valence-electron chi connectivity index (χ3n) is 3.08. The molecule has 1 fully saturated rings. The van der Waals surface area contributed by atoms with Crippen molar-refractivity contribution in [3.63, 3.8) is 0 Å². The Balaban J connectivity index is 1.77. The van der Waals surface area contributed by atoms with Gasteiger partial charge in [-0.05, 0) is 51.9 Å². The van der Waals surface area contributed by atoms with E-state index in [9.17, 15) is 0 Å². The highest BCUT2D eigenvalue weighted by Crippen LogP contribution is 2.15. The lowest BCUT2D eigenvalue weighted by Crippen LogP contribution is -2.11. The number of hydrogen-bond donors (Lipinski definition) is 2. The maximum absolute atomic E-state index is 5.50. The van der Waals surface area contributed by atoms with Crippen LogP contribution in [0.5, 0.6) is 0 Å². The van der Waals surface area contributed by atoms with E-state index in [1.54, 1.807) is 0 Å². The number of nitrogens with zero attached hydrogens (tertiary/aromatic N) is 1. The van der Waals surface area contributed by atoms with E-state index in [0.717, 1.165) is 50.5 Å². The van der Waals surface area contributed by atoms with Crippen molar-refractivity contribution in [1.29, 1.82) is 0 Å². The van der Waals surface area contributed by atoms with Crippen LogP contribution in [-0.4, -0.2) is 31.7 Å². The molecule has 1 aromatic heterocycles. The summed E-state index contributed by atoms with van der Waals surface area (Å²) in [7, 11) is 1.97. The molecule has 16 heavy (non-hydrogen) atoms. The van der Waals surface area contributed by atoms with E-state index in [0.29, 0.717) is 5.92 Å². The Morgan fingerprint density at radius 3 is 3.31 bits per heavy atom. The first-order valence-electron chi connectivity index (χ1n) is 6.17. The van der Waals surface area contributed by atoms with Crippen LogP contribution in [0.3, 0.4) is 0 Å². The minimum Gasteiger partial charge on any atom is -0.449 e. The first-order chi connectivity index (χ1) is 7.88. The van der Waals surface area contributed by atoms with Gasteiger partial charge in [0.2, 0.25) is 0 Å². The van der Waals surface area contributed by atoms with Crippen molar-refractivity contribution in [3.05, 3.63) is 17.8 Å². The number of nitrogens with one attached hydrogen (secondary N) is 2. The first-order valence-corrected chi connectivity index (χ1v) is 6.17. The van der Waals surface area contributed by atoms with E-state index in [2.05, 4.69) is 15.6 Å². The van der Waals surface area contributed by atoms with Gasteiger partial charge in [0.25, 0.3) is 0 Å². The van der Waals surface area contributed by atoms with Crippen LogP contribution in [0.4, 0.5) is 0 Å². The number of aromatic nitrogens is 1. The monoisotopic (exact) mass is 223 g/mol. The fraction of sp³-hybridized carbons (Fsp3) is 0.750. The van der Waals surface area contributed by atoms with Gasteiger partial charge in [-0.25, -0.2) is 4.98 Å². The molecular weight excluding hydrogens is 202 g/mol. The largest absolute Gasteiger partial charge is 0.449 e. The van der Waals surface area contributed by atoms with E-state index in [4.69, 9.17) is 4.42 Å². The van der Waals surface area contributed by atoms with Crippen molar-refractivity contribution in [2.75, 3.05) is 26.7 Å². The Morgan fingerprint density at radius 1 is 1.62 bits per heavy atom. The summed E-state index contributed by atoms with van der Waals surface area (Å²) in [6.45, 7) is 3.28. The molecule has 1 aromatic rings. The summed E-state index contributed by atoms with van der Waals surface area (Å²) in [5.41, 5.74) is 1.09. The molecule has 2 N–H and O–H groups in total. The number of aryl methyl sites for hydroxylation is 1. The summed E-state index contributed by atoms with van der Waals surface area (Å²) in [4.78, 5) is 4.52. The van der Waals surface area contributed by atoms with Crippen LogP contribution >= 0.6 is 0 Å². The van der Waals surface area contributed by atoms with Crippen molar-refractivity contribution in [2.24, 2.45) is 5.92 Å². The molecule has 1 unspecified atom stereocenters. The quantitative estimate of drug-likeness (QED) is 0.706. The van der Waals surface area contributed by atoms with Crippen LogP contribution in [0.2, 0.25) is 0 Å². The predicted molar refractivity (Wildman–Crippen MR) is 63.4 cm³/mol.